The van der Waals surface area contributed by atoms with Gasteiger partial charge in [-0.25, -0.2) is 0 Å². The molecule has 9 heavy (non-hydrogen) atoms. The van der Waals surface area contributed by atoms with E-state index in [1.165, 1.54) is 0 Å². The SMILES string of the molecule is CN(C)C.CNCCO.[HH]. The van der Waals surface area contributed by atoms with Gasteiger partial charge in [0.15, 0.2) is 0 Å². The van der Waals surface area contributed by atoms with Crippen molar-refractivity contribution in [2.75, 3.05) is 41.3 Å². The molecule has 2 N–H and O–H groups in total. The quantitative estimate of drug-likeness (QED) is 0.543. The number of aliphatic hydroxyl groups is 1. The van der Waals surface area contributed by atoms with Crippen molar-refractivity contribution in [3.8, 4) is 0 Å². The van der Waals surface area contributed by atoms with Gasteiger partial charge >= 0.3 is 0 Å². The lowest BCUT2D eigenvalue weighted by atomic mass is 10.7. The molecular weight excluding hydrogens is 116 g/mol. The number of hydrogen-bond donors (Lipinski definition) is 2. The first-order valence-corrected chi connectivity index (χ1v) is 3.01. The molecule has 0 unspecified atom stereocenters. The summed E-state index contributed by atoms with van der Waals surface area (Å²) in [7, 11) is 7.80. The first-order chi connectivity index (χ1) is 4.15. The van der Waals surface area contributed by atoms with Gasteiger partial charge < -0.3 is 15.3 Å². The molecule has 0 saturated carbocycles. The summed E-state index contributed by atoms with van der Waals surface area (Å²) < 4.78 is 0. The fourth-order valence-electron chi connectivity index (χ4n) is 0.112. The Morgan fingerprint density at radius 3 is 1.78 bits per heavy atom. The monoisotopic (exact) mass is 136 g/mol. The maximum Gasteiger partial charge on any atom is 0.0555 e. The Morgan fingerprint density at radius 2 is 1.78 bits per heavy atom. The van der Waals surface area contributed by atoms with Gasteiger partial charge in [0.05, 0.1) is 6.61 Å². The smallest absolute Gasteiger partial charge is 0.0555 e. The third-order valence-corrected chi connectivity index (χ3v) is 0.362. The highest BCUT2D eigenvalue weighted by atomic mass is 16.3. The lowest BCUT2D eigenvalue weighted by Gasteiger charge is -1.90. The standard InChI is InChI=1S/C3H9NO.C3H9N.H2/c1-4-2-3-5;1-4(2)3;/h4-5H,2-3H2,1H3;1-3H3;1H. The van der Waals surface area contributed by atoms with Crippen molar-refractivity contribution in [2.45, 2.75) is 0 Å². The minimum atomic E-state index is 0. The van der Waals surface area contributed by atoms with Crippen LogP contribution in [-0.4, -0.2) is 51.3 Å². The van der Waals surface area contributed by atoms with E-state index in [0.717, 1.165) is 0 Å². The number of hydrogen-bond acceptors (Lipinski definition) is 3. The van der Waals surface area contributed by atoms with Crippen LogP contribution in [0.1, 0.15) is 1.43 Å². The zero-order chi connectivity index (χ0) is 7.70. The highest BCUT2D eigenvalue weighted by Gasteiger charge is 1.65. The average Bonchev–Trinajstić information content (AvgIpc) is 1.66. The van der Waals surface area contributed by atoms with E-state index in [-0.39, 0.29) is 8.03 Å². The summed E-state index contributed by atoms with van der Waals surface area (Å²) in [6.45, 7) is 0.927. The van der Waals surface area contributed by atoms with E-state index in [1.807, 2.05) is 26.0 Å². The van der Waals surface area contributed by atoms with Crippen molar-refractivity contribution in [3.63, 3.8) is 0 Å². The second kappa shape index (κ2) is 10.8. The predicted molar refractivity (Wildman–Crippen MR) is 42.7 cm³/mol. The first kappa shape index (κ1) is 11.6. The predicted octanol–water partition coefficient (Wildman–Crippen LogP) is -0.378. The number of rotatable bonds is 2. The number of likely N-dealkylation sites (N-methyl/N-ethyl adjacent to an activating group) is 1. The van der Waals surface area contributed by atoms with Gasteiger partial charge in [-0.1, -0.05) is 0 Å². The van der Waals surface area contributed by atoms with Gasteiger partial charge in [-0.15, -0.1) is 0 Å². The van der Waals surface area contributed by atoms with E-state index in [0.29, 0.717) is 6.54 Å². The molecule has 0 spiro atoms. The molecule has 3 heteroatoms. The minimum Gasteiger partial charge on any atom is -0.395 e. The van der Waals surface area contributed by atoms with Gasteiger partial charge in [-0.05, 0) is 28.2 Å². The van der Waals surface area contributed by atoms with Crippen LogP contribution in [0.2, 0.25) is 0 Å². The molecular formula is C6H20N2O. The molecule has 0 aromatic carbocycles. The second-order valence-corrected chi connectivity index (χ2v) is 2.17. The van der Waals surface area contributed by atoms with Crippen LogP contribution in [0, 0.1) is 0 Å². The van der Waals surface area contributed by atoms with Gasteiger partial charge in [0, 0.05) is 7.97 Å². The van der Waals surface area contributed by atoms with Crippen LogP contribution >= 0.6 is 0 Å². The Balaban J connectivity index is -0.0000000910. The summed E-state index contributed by atoms with van der Waals surface area (Å²) in [5.41, 5.74) is 0. The van der Waals surface area contributed by atoms with E-state index in [1.54, 1.807) is 7.05 Å². The summed E-state index contributed by atoms with van der Waals surface area (Å²) in [5.74, 6) is 0. The Bertz CT molecular complexity index is 40.0. The molecule has 0 atom stereocenters. The molecule has 0 rings (SSSR count). The van der Waals surface area contributed by atoms with Crippen LogP contribution in [0.25, 0.3) is 0 Å². The lowest BCUT2D eigenvalue weighted by Crippen LogP contribution is -2.10. The minimum absolute atomic E-state index is 0. The van der Waals surface area contributed by atoms with Crippen LogP contribution in [0.5, 0.6) is 0 Å². The van der Waals surface area contributed by atoms with E-state index < -0.39 is 0 Å². The summed E-state index contributed by atoms with van der Waals surface area (Å²) in [4.78, 5) is 2.00. The average molecular weight is 136 g/mol. The molecule has 0 radical (unpaired) electrons. The van der Waals surface area contributed by atoms with Crippen LogP contribution < -0.4 is 5.32 Å². The lowest BCUT2D eigenvalue weighted by molar-refractivity contribution is 0.296. The zero-order valence-electron chi connectivity index (χ0n) is 6.81. The molecule has 0 aliphatic rings. The molecule has 0 aliphatic carbocycles. The first-order valence-electron chi connectivity index (χ1n) is 3.01. The molecule has 0 aliphatic heterocycles. The topological polar surface area (TPSA) is 35.5 Å². The zero-order valence-corrected chi connectivity index (χ0v) is 6.81. The maximum absolute atomic E-state index is 8.00. The second-order valence-electron chi connectivity index (χ2n) is 2.17. The summed E-state index contributed by atoms with van der Waals surface area (Å²) in [6.07, 6.45) is 0. The van der Waals surface area contributed by atoms with Crippen molar-refractivity contribution in [1.29, 1.82) is 0 Å². The van der Waals surface area contributed by atoms with E-state index >= 15 is 0 Å². The van der Waals surface area contributed by atoms with Crippen LogP contribution in [-0.2, 0) is 0 Å². The Kier molecular flexibility index (Phi) is 14.0. The number of nitrogens with zero attached hydrogens (tertiary/aromatic N) is 1. The van der Waals surface area contributed by atoms with Gasteiger partial charge in [-0.2, -0.15) is 0 Å². The highest BCUT2D eigenvalue weighted by Crippen LogP contribution is 1.47. The third kappa shape index (κ3) is 77.1. The summed E-state index contributed by atoms with van der Waals surface area (Å²) in [6, 6.07) is 0. The molecule has 0 bridgehead atoms. The molecule has 0 saturated heterocycles. The Morgan fingerprint density at radius 1 is 1.44 bits per heavy atom. The number of nitrogens with one attached hydrogen (secondary N) is 1. The van der Waals surface area contributed by atoms with Crippen LogP contribution in [0.15, 0.2) is 0 Å². The largest absolute Gasteiger partial charge is 0.395 e. The van der Waals surface area contributed by atoms with Crippen LogP contribution in [0.4, 0.5) is 0 Å². The summed E-state index contributed by atoms with van der Waals surface area (Å²) in [5, 5.41) is 10.8. The van der Waals surface area contributed by atoms with Crippen molar-refractivity contribution < 1.29 is 6.53 Å². The van der Waals surface area contributed by atoms with Gasteiger partial charge in [-0.3, -0.25) is 0 Å². The third-order valence-electron chi connectivity index (χ3n) is 0.362. The molecule has 0 aromatic heterocycles. The highest BCUT2D eigenvalue weighted by molar-refractivity contribution is 4.27. The molecule has 3 nitrogen and oxygen atoms in total. The van der Waals surface area contributed by atoms with Crippen LogP contribution in [0.3, 0.4) is 0 Å². The van der Waals surface area contributed by atoms with Gasteiger partial charge in [0.25, 0.3) is 0 Å². The Labute approximate surface area is 59.2 Å². The van der Waals surface area contributed by atoms with Crippen molar-refractivity contribution in [1.82, 2.24) is 10.2 Å². The van der Waals surface area contributed by atoms with E-state index in [4.69, 9.17) is 5.11 Å². The van der Waals surface area contributed by atoms with Crippen molar-refractivity contribution in [3.05, 3.63) is 0 Å². The summed E-state index contributed by atoms with van der Waals surface area (Å²) >= 11 is 0. The fourth-order valence-corrected chi connectivity index (χ4v) is 0.112. The molecule has 0 heterocycles. The van der Waals surface area contributed by atoms with Crippen molar-refractivity contribution in [2.24, 2.45) is 0 Å². The van der Waals surface area contributed by atoms with Crippen molar-refractivity contribution >= 4 is 0 Å². The molecule has 0 fully saturated rings. The molecule has 0 aromatic rings. The van der Waals surface area contributed by atoms with E-state index in [9.17, 15) is 0 Å². The molecule has 60 valence electrons. The maximum atomic E-state index is 8.00. The molecule has 0 amide bonds. The fraction of sp³-hybridized carbons (Fsp3) is 1.00. The van der Waals surface area contributed by atoms with Gasteiger partial charge in [0.1, 0.15) is 0 Å². The number of aliphatic hydroxyl groups excluding tert-OH is 1. The Hall–Kier alpha value is -0.120. The van der Waals surface area contributed by atoms with E-state index in [2.05, 4.69) is 5.32 Å². The van der Waals surface area contributed by atoms with Gasteiger partial charge in [0.2, 0.25) is 0 Å². The normalized spacial score (nSPS) is 8.67.